The van der Waals surface area contributed by atoms with Crippen LogP contribution in [-0.2, 0) is 34.9 Å². The van der Waals surface area contributed by atoms with E-state index in [4.69, 9.17) is 14.2 Å². The van der Waals surface area contributed by atoms with Gasteiger partial charge in [0.1, 0.15) is 12.4 Å². The minimum absolute atomic E-state index is 0.154. The highest BCUT2D eigenvalue weighted by Crippen LogP contribution is 2.47. The lowest BCUT2D eigenvalue weighted by molar-refractivity contribution is -0.0148. The molecular formula is C27H39N3O4. The monoisotopic (exact) mass is 469 g/mol. The Morgan fingerprint density at radius 2 is 2.06 bits per heavy atom. The smallest absolute Gasteiger partial charge is 0.282 e. The number of rotatable bonds is 9. The van der Waals surface area contributed by atoms with E-state index in [2.05, 4.69) is 41.3 Å². The van der Waals surface area contributed by atoms with Gasteiger partial charge in [-0.25, -0.2) is 0 Å². The Morgan fingerprint density at radius 3 is 2.68 bits per heavy atom. The Kier molecular flexibility index (Phi) is 7.06. The van der Waals surface area contributed by atoms with Crippen LogP contribution in [-0.4, -0.2) is 47.3 Å². The van der Waals surface area contributed by atoms with Crippen LogP contribution in [0.3, 0.4) is 0 Å². The Bertz CT molecular complexity index is 1100. The summed E-state index contributed by atoms with van der Waals surface area (Å²) in [5.41, 5.74) is 3.15. The number of amides is 1. The number of aromatic nitrogens is 2. The summed E-state index contributed by atoms with van der Waals surface area (Å²) in [5.74, 6) is 0.242. The van der Waals surface area contributed by atoms with Crippen LogP contribution in [0.4, 0.5) is 0 Å². The lowest BCUT2D eigenvalue weighted by atomic mass is 10.1. The highest BCUT2D eigenvalue weighted by molar-refractivity contribution is 5.97. The van der Waals surface area contributed by atoms with Crippen molar-refractivity contribution in [1.82, 2.24) is 9.36 Å². The number of benzene rings is 1. The van der Waals surface area contributed by atoms with Crippen molar-refractivity contribution in [1.29, 1.82) is 0 Å². The van der Waals surface area contributed by atoms with E-state index in [0.717, 1.165) is 44.3 Å². The first kappa shape index (κ1) is 24.7. The van der Waals surface area contributed by atoms with Gasteiger partial charge in [0.15, 0.2) is 5.49 Å². The van der Waals surface area contributed by atoms with Gasteiger partial charge in [-0.3, -0.25) is 14.2 Å². The molecule has 1 saturated carbocycles. The Hall–Kier alpha value is -2.38. The average molecular weight is 470 g/mol. The first-order valence-electron chi connectivity index (χ1n) is 12.4. The molecule has 7 nitrogen and oxygen atoms in total. The van der Waals surface area contributed by atoms with Crippen LogP contribution in [0.15, 0.2) is 29.3 Å². The molecular weight excluding hydrogens is 430 g/mol. The van der Waals surface area contributed by atoms with Crippen molar-refractivity contribution in [3.8, 4) is 5.75 Å². The summed E-state index contributed by atoms with van der Waals surface area (Å²) in [4.78, 5) is 18.2. The molecule has 0 unspecified atom stereocenters. The van der Waals surface area contributed by atoms with Crippen LogP contribution in [0.1, 0.15) is 75.0 Å². The van der Waals surface area contributed by atoms with E-state index in [1.807, 2.05) is 32.0 Å². The summed E-state index contributed by atoms with van der Waals surface area (Å²) in [5, 5.41) is 0. The second-order valence-corrected chi connectivity index (χ2v) is 10.5. The van der Waals surface area contributed by atoms with E-state index < -0.39 is 5.60 Å². The first-order valence-corrected chi connectivity index (χ1v) is 12.4. The second-order valence-electron chi connectivity index (χ2n) is 10.5. The van der Waals surface area contributed by atoms with Crippen molar-refractivity contribution in [3.05, 3.63) is 46.6 Å². The fourth-order valence-electron chi connectivity index (χ4n) is 4.43. The number of aryl methyl sites for hydroxylation is 1. The molecule has 4 rings (SSSR count). The molecule has 2 fully saturated rings. The quantitative estimate of drug-likeness (QED) is 0.553. The third-order valence-corrected chi connectivity index (χ3v) is 7.29. The predicted octanol–water partition coefficient (Wildman–Crippen LogP) is 4.16. The number of hydrogen-bond acceptors (Lipinski definition) is 4. The van der Waals surface area contributed by atoms with E-state index >= 15 is 0 Å². The zero-order valence-corrected chi connectivity index (χ0v) is 21.5. The third kappa shape index (κ3) is 5.31. The Morgan fingerprint density at radius 1 is 1.29 bits per heavy atom. The number of carbonyl (C=O) groups is 1. The van der Waals surface area contributed by atoms with Crippen molar-refractivity contribution in [2.45, 2.75) is 83.5 Å². The van der Waals surface area contributed by atoms with Crippen molar-refractivity contribution in [2.24, 2.45) is 12.0 Å². The van der Waals surface area contributed by atoms with Gasteiger partial charge in [-0.2, -0.15) is 4.99 Å². The molecule has 1 amide bonds. The molecule has 1 atom stereocenters. The molecule has 2 aliphatic rings. The normalized spacial score (nSPS) is 20.1. The van der Waals surface area contributed by atoms with Crippen LogP contribution < -0.4 is 10.2 Å². The largest absolute Gasteiger partial charge is 0.490 e. The maximum absolute atomic E-state index is 13.5. The van der Waals surface area contributed by atoms with Gasteiger partial charge in [-0.15, -0.1) is 0 Å². The summed E-state index contributed by atoms with van der Waals surface area (Å²) in [6.45, 7) is 10.1. The van der Waals surface area contributed by atoms with Crippen LogP contribution in [0.2, 0.25) is 0 Å². The molecule has 1 aromatic carbocycles. The molecule has 34 heavy (non-hydrogen) atoms. The topological polar surface area (TPSA) is 67.0 Å². The maximum Gasteiger partial charge on any atom is 0.282 e. The van der Waals surface area contributed by atoms with Gasteiger partial charge in [0, 0.05) is 37.9 Å². The summed E-state index contributed by atoms with van der Waals surface area (Å²) >= 11 is 0. The standard InChI is InChI=1S/C27H39N3O4/c1-7-19-10-11-22(34-18-26(2,3)32-6)21(15-19)25(31)28-24-16-23(27(4)12-13-27)29(5)30(24)17-20-9-8-14-33-20/h10-11,15-16,20H,7-9,12-14,17-18H2,1-6H3/t20-/m1/s1. The maximum atomic E-state index is 13.5. The zero-order chi connectivity index (χ0) is 24.5. The molecule has 0 bridgehead atoms. The van der Waals surface area contributed by atoms with Crippen molar-refractivity contribution < 1.29 is 19.0 Å². The number of ether oxygens (including phenoxy) is 3. The molecule has 0 N–H and O–H groups in total. The van der Waals surface area contributed by atoms with E-state index in [1.54, 1.807) is 7.11 Å². The molecule has 1 aliphatic carbocycles. The summed E-state index contributed by atoms with van der Waals surface area (Å²) in [6.07, 6.45) is 5.41. The highest BCUT2D eigenvalue weighted by Gasteiger charge is 2.42. The lowest BCUT2D eigenvalue weighted by Gasteiger charge is -2.23. The number of methoxy groups -OCH3 is 1. The summed E-state index contributed by atoms with van der Waals surface area (Å²) < 4.78 is 21.7. The Labute approximate surface area is 202 Å². The van der Waals surface area contributed by atoms with Crippen molar-refractivity contribution >= 4 is 5.91 Å². The van der Waals surface area contributed by atoms with Crippen molar-refractivity contribution in [2.75, 3.05) is 20.3 Å². The SMILES string of the molecule is CCc1ccc(OCC(C)(C)OC)c(C(=O)N=c2cc(C3(C)CC3)n(C)n2C[C@H]2CCCO2)c1. The van der Waals surface area contributed by atoms with Gasteiger partial charge in [0.05, 0.1) is 23.8 Å². The number of hydrogen-bond donors (Lipinski definition) is 0. The van der Waals surface area contributed by atoms with Gasteiger partial charge in [-0.05, 0) is 63.6 Å². The summed E-state index contributed by atoms with van der Waals surface area (Å²) in [6, 6.07) is 7.85. The minimum atomic E-state index is -0.459. The first-order chi connectivity index (χ1) is 16.2. The van der Waals surface area contributed by atoms with Gasteiger partial charge < -0.3 is 14.2 Å². The van der Waals surface area contributed by atoms with Crippen molar-refractivity contribution in [3.63, 3.8) is 0 Å². The molecule has 2 heterocycles. The average Bonchev–Trinajstić information content (AvgIpc) is 3.22. The second kappa shape index (κ2) is 9.70. The third-order valence-electron chi connectivity index (χ3n) is 7.29. The molecule has 0 spiro atoms. The van der Waals surface area contributed by atoms with E-state index in [1.165, 1.54) is 5.69 Å². The van der Waals surface area contributed by atoms with E-state index in [-0.39, 0.29) is 17.4 Å². The lowest BCUT2D eigenvalue weighted by Crippen LogP contribution is -2.31. The molecule has 1 saturated heterocycles. The van der Waals surface area contributed by atoms with Gasteiger partial charge in [0.25, 0.3) is 5.91 Å². The van der Waals surface area contributed by atoms with Gasteiger partial charge >= 0.3 is 0 Å². The van der Waals surface area contributed by atoms with Crippen LogP contribution in [0.25, 0.3) is 0 Å². The number of nitrogens with zero attached hydrogens (tertiary/aromatic N) is 3. The van der Waals surface area contributed by atoms with Crippen LogP contribution in [0, 0.1) is 0 Å². The highest BCUT2D eigenvalue weighted by atomic mass is 16.5. The molecule has 7 heteroatoms. The van der Waals surface area contributed by atoms with Crippen LogP contribution >= 0.6 is 0 Å². The minimum Gasteiger partial charge on any atom is -0.490 e. The summed E-state index contributed by atoms with van der Waals surface area (Å²) in [7, 11) is 3.72. The predicted molar refractivity (Wildman–Crippen MR) is 131 cm³/mol. The fourth-order valence-corrected chi connectivity index (χ4v) is 4.43. The van der Waals surface area contributed by atoms with E-state index in [0.29, 0.717) is 30.0 Å². The number of carbonyl (C=O) groups excluding carboxylic acids is 1. The molecule has 0 radical (unpaired) electrons. The molecule has 186 valence electrons. The van der Waals surface area contributed by atoms with Crippen LogP contribution in [0.5, 0.6) is 5.75 Å². The molecule has 1 aliphatic heterocycles. The fraction of sp³-hybridized carbons (Fsp3) is 0.630. The zero-order valence-electron chi connectivity index (χ0n) is 21.5. The van der Waals surface area contributed by atoms with Gasteiger partial charge in [0.2, 0.25) is 0 Å². The molecule has 1 aromatic heterocycles. The molecule has 2 aromatic rings. The van der Waals surface area contributed by atoms with E-state index in [9.17, 15) is 4.79 Å². The van der Waals surface area contributed by atoms with Gasteiger partial charge in [-0.1, -0.05) is 19.9 Å². The Balaban J connectivity index is 1.72.